The first-order chi connectivity index (χ1) is 13.0. The van der Waals surface area contributed by atoms with Gasteiger partial charge in [0.2, 0.25) is 0 Å². The molecule has 0 unspecified atom stereocenters. The molecular formula is C19H25N5O3. The predicted octanol–water partition coefficient (Wildman–Crippen LogP) is 2.70. The van der Waals surface area contributed by atoms with E-state index in [0.717, 1.165) is 29.1 Å². The maximum atomic E-state index is 12.4. The standard InChI is InChI=1S/C19H25N5O3/c1-4-24-13(3)20-16-12-14(6-7-17(16)24)18(25)22-21-15-8-10-23(11-9-15)19(26)27-5-2/h6-7,12H,4-5,8-11H2,1-3H3,(H,22,25). The molecule has 2 amide bonds. The van der Waals surface area contributed by atoms with Gasteiger partial charge in [-0.3, -0.25) is 4.79 Å². The summed E-state index contributed by atoms with van der Waals surface area (Å²) in [6.45, 7) is 8.11. The van der Waals surface area contributed by atoms with Gasteiger partial charge in [0.05, 0.1) is 17.6 Å². The van der Waals surface area contributed by atoms with Gasteiger partial charge in [0.15, 0.2) is 0 Å². The van der Waals surface area contributed by atoms with Crippen LogP contribution in [0.4, 0.5) is 4.79 Å². The molecule has 1 aromatic heterocycles. The molecule has 1 N–H and O–H groups in total. The lowest BCUT2D eigenvalue weighted by Crippen LogP contribution is -2.39. The number of rotatable bonds is 4. The highest BCUT2D eigenvalue weighted by Crippen LogP contribution is 2.18. The first-order valence-electron chi connectivity index (χ1n) is 9.27. The largest absolute Gasteiger partial charge is 0.450 e. The molecular weight excluding hydrogens is 346 g/mol. The van der Waals surface area contributed by atoms with Crippen molar-refractivity contribution in [3.05, 3.63) is 29.6 Å². The van der Waals surface area contributed by atoms with E-state index in [0.29, 0.717) is 38.1 Å². The van der Waals surface area contributed by atoms with Gasteiger partial charge < -0.3 is 14.2 Å². The summed E-state index contributed by atoms with van der Waals surface area (Å²) < 4.78 is 7.10. The van der Waals surface area contributed by atoms with Crippen molar-refractivity contribution in [3.8, 4) is 0 Å². The Labute approximate surface area is 158 Å². The van der Waals surface area contributed by atoms with Gasteiger partial charge >= 0.3 is 6.09 Å². The van der Waals surface area contributed by atoms with E-state index in [2.05, 4.69) is 27.0 Å². The van der Waals surface area contributed by atoms with Gasteiger partial charge in [-0.05, 0) is 39.0 Å². The number of fused-ring (bicyclic) bond motifs is 1. The minimum Gasteiger partial charge on any atom is -0.450 e. The van der Waals surface area contributed by atoms with E-state index < -0.39 is 0 Å². The zero-order valence-electron chi connectivity index (χ0n) is 16.0. The molecule has 1 saturated heterocycles. The van der Waals surface area contributed by atoms with Crippen LogP contribution >= 0.6 is 0 Å². The average Bonchev–Trinajstić information content (AvgIpc) is 3.00. The van der Waals surface area contributed by atoms with E-state index in [4.69, 9.17) is 4.74 Å². The SMILES string of the molecule is CCOC(=O)N1CCC(=NNC(=O)c2ccc3c(c2)nc(C)n3CC)CC1. The first-order valence-corrected chi connectivity index (χ1v) is 9.27. The minimum absolute atomic E-state index is 0.263. The zero-order valence-corrected chi connectivity index (χ0v) is 16.0. The van der Waals surface area contributed by atoms with Crippen molar-refractivity contribution in [1.82, 2.24) is 19.9 Å². The Morgan fingerprint density at radius 1 is 1.26 bits per heavy atom. The highest BCUT2D eigenvalue weighted by molar-refractivity contribution is 5.98. The van der Waals surface area contributed by atoms with Crippen LogP contribution in [0.1, 0.15) is 42.9 Å². The van der Waals surface area contributed by atoms with Gasteiger partial charge in [-0.25, -0.2) is 15.2 Å². The van der Waals surface area contributed by atoms with Gasteiger partial charge in [-0.15, -0.1) is 0 Å². The van der Waals surface area contributed by atoms with Crippen LogP contribution in [0.15, 0.2) is 23.3 Å². The molecule has 2 aromatic rings. The van der Waals surface area contributed by atoms with Crippen LogP contribution in [0.25, 0.3) is 11.0 Å². The maximum Gasteiger partial charge on any atom is 0.409 e. The maximum absolute atomic E-state index is 12.4. The number of piperidine rings is 1. The molecule has 8 nitrogen and oxygen atoms in total. The Balaban J connectivity index is 1.62. The number of carbonyl (C=O) groups is 2. The number of nitrogens with one attached hydrogen (secondary N) is 1. The van der Waals surface area contributed by atoms with Crippen LogP contribution in [0.2, 0.25) is 0 Å². The first kappa shape index (κ1) is 18.9. The summed E-state index contributed by atoms with van der Waals surface area (Å²) in [4.78, 5) is 30.3. The lowest BCUT2D eigenvalue weighted by atomic mass is 10.1. The zero-order chi connectivity index (χ0) is 19.4. The van der Waals surface area contributed by atoms with Gasteiger partial charge in [-0.1, -0.05) is 0 Å². The van der Waals surface area contributed by atoms with E-state index in [1.165, 1.54) is 0 Å². The molecule has 27 heavy (non-hydrogen) atoms. The lowest BCUT2D eigenvalue weighted by Gasteiger charge is -2.26. The summed E-state index contributed by atoms with van der Waals surface area (Å²) >= 11 is 0. The van der Waals surface area contributed by atoms with Crippen LogP contribution in [0.3, 0.4) is 0 Å². The molecule has 2 heterocycles. The van der Waals surface area contributed by atoms with Crippen LogP contribution in [0.5, 0.6) is 0 Å². The number of aromatic nitrogens is 2. The second-order valence-corrected chi connectivity index (χ2v) is 6.41. The number of benzene rings is 1. The fourth-order valence-electron chi connectivity index (χ4n) is 3.26. The predicted molar refractivity (Wildman–Crippen MR) is 103 cm³/mol. The van der Waals surface area contributed by atoms with Crippen LogP contribution in [-0.4, -0.2) is 51.9 Å². The van der Waals surface area contributed by atoms with Gasteiger partial charge in [0, 0.05) is 43.8 Å². The molecule has 1 fully saturated rings. The number of hydrazone groups is 1. The van der Waals surface area contributed by atoms with E-state index >= 15 is 0 Å². The molecule has 1 aromatic carbocycles. The molecule has 144 valence electrons. The van der Waals surface area contributed by atoms with Crippen molar-refractivity contribution in [2.45, 2.75) is 40.2 Å². The monoisotopic (exact) mass is 371 g/mol. The second kappa shape index (κ2) is 8.20. The molecule has 1 aliphatic heterocycles. The Kier molecular flexibility index (Phi) is 5.73. The number of nitrogens with zero attached hydrogens (tertiary/aromatic N) is 4. The third-order valence-corrected chi connectivity index (χ3v) is 4.70. The quantitative estimate of drug-likeness (QED) is 0.837. The average molecular weight is 371 g/mol. The van der Waals surface area contributed by atoms with Gasteiger partial charge in [-0.2, -0.15) is 5.10 Å². The molecule has 0 bridgehead atoms. The summed E-state index contributed by atoms with van der Waals surface area (Å²) in [5.41, 5.74) is 5.83. The number of aryl methyl sites for hydroxylation is 2. The highest BCUT2D eigenvalue weighted by Gasteiger charge is 2.21. The van der Waals surface area contributed by atoms with Crippen molar-refractivity contribution in [1.29, 1.82) is 0 Å². The smallest absolute Gasteiger partial charge is 0.409 e. The fraction of sp³-hybridized carbons (Fsp3) is 0.474. The summed E-state index contributed by atoms with van der Waals surface area (Å²) in [5, 5.41) is 4.23. The van der Waals surface area contributed by atoms with Crippen molar-refractivity contribution in [2.24, 2.45) is 5.10 Å². The Bertz CT molecular complexity index is 877. The summed E-state index contributed by atoms with van der Waals surface area (Å²) in [6.07, 6.45) is 0.951. The number of ether oxygens (including phenoxy) is 1. The molecule has 0 radical (unpaired) electrons. The Hall–Kier alpha value is -2.90. The number of likely N-dealkylation sites (tertiary alicyclic amines) is 1. The number of carbonyl (C=O) groups excluding carboxylic acids is 2. The number of imidazole rings is 1. The van der Waals surface area contributed by atoms with Crippen molar-refractivity contribution >= 4 is 28.7 Å². The molecule has 0 atom stereocenters. The van der Waals surface area contributed by atoms with E-state index in [9.17, 15) is 9.59 Å². The third kappa shape index (κ3) is 4.10. The summed E-state index contributed by atoms with van der Waals surface area (Å²) in [6, 6.07) is 5.49. The normalized spacial score (nSPS) is 14.3. The van der Waals surface area contributed by atoms with Crippen molar-refractivity contribution < 1.29 is 14.3 Å². The van der Waals surface area contributed by atoms with Gasteiger partial charge in [0.1, 0.15) is 5.82 Å². The Morgan fingerprint density at radius 2 is 2.00 bits per heavy atom. The van der Waals surface area contributed by atoms with Crippen molar-refractivity contribution in [3.63, 3.8) is 0 Å². The van der Waals surface area contributed by atoms with Crippen molar-refractivity contribution in [2.75, 3.05) is 19.7 Å². The summed E-state index contributed by atoms with van der Waals surface area (Å²) in [5.74, 6) is 0.666. The second-order valence-electron chi connectivity index (χ2n) is 6.41. The number of amides is 2. The van der Waals surface area contributed by atoms with Gasteiger partial charge in [0.25, 0.3) is 5.91 Å². The Morgan fingerprint density at radius 3 is 2.67 bits per heavy atom. The minimum atomic E-state index is -0.296. The third-order valence-electron chi connectivity index (χ3n) is 4.70. The molecule has 1 aliphatic rings. The van der Waals surface area contributed by atoms with Crippen LogP contribution in [-0.2, 0) is 11.3 Å². The van der Waals surface area contributed by atoms with Crippen LogP contribution < -0.4 is 5.43 Å². The van der Waals surface area contributed by atoms with E-state index in [1.807, 2.05) is 13.0 Å². The lowest BCUT2D eigenvalue weighted by molar-refractivity contribution is 0.0951. The van der Waals surface area contributed by atoms with Crippen LogP contribution in [0, 0.1) is 6.92 Å². The highest BCUT2D eigenvalue weighted by atomic mass is 16.6. The fourth-order valence-corrected chi connectivity index (χ4v) is 3.26. The molecule has 0 spiro atoms. The number of hydrogen-bond acceptors (Lipinski definition) is 5. The molecule has 8 heteroatoms. The molecule has 3 rings (SSSR count). The molecule has 0 saturated carbocycles. The van der Waals surface area contributed by atoms with E-state index in [-0.39, 0.29) is 12.0 Å². The molecule has 0 aliphatic carbocycles. The number of hydrogen-bond donors (Lipinski definition) is 1. The summed E-state index contributed by atoms with van der Waals surface area (Å²) in [7, 11) is 0. The van der Waals surface area contributed by atoms with E-state index in [1.54, 1.807) is 24.0 Å². The topological polar surface area (TPSA) is 88.8 Å².